The molecule has 0 radical (unpaired) electrons. The van der Waals surface area contributed by atoms with Crippen molar-refractivity contribution in [1.29, 1.82) is 5.26 Å². The lowest BCUT2D eigenvalue weighted by Crippen LogP contribution is -2.50. The summed E-state index contributed by atoms with van der Waals surface area (Å²) < 4.78 is 26.1. The molecule has 1 aliphatic rings. The summed E-state index contributed by atoms with van der Waals surface area (Å²) in [6.07, 6.45) is 0.802. The largest absolute Gasteiger partial charge is 0.480 e. The Bertz CT molecular complexity index is 675. The maximum atomic E-state index is 12.5. The summed E-state index contributed by atoms with van der Waals surface area (Å²) in [5, 5.41) is 18.0. The minimum atomic E-state index is -3.87. The van der Waals surface area contributed by atoms with Gasteiger partial charge in [0.15, 0.2) is 0 Å². The summed E-state index contributed by atoms with van der Waals surface area (Å²) in [5.74, 6) is -1.15. The number of carbonyl (C=O) groups is 1. The lowest BCUT2D eigenvalue weighted by Gasteiger charge is -2.30. The predicted molar refractivity (Wildman–Crippen MR) is 70.3 cm³/mol. The van der Waals surface area contributed by atoms with E-state index in [0.717, 1.165) is 4.31 Å². The number of rotatable bonds is 3. The van der Waals surface area contributed by atoms with Crippen LogP contribution in [0.5, 0.6) is 0 Å². The zero-order chi connectivity index (χ0) is 15.0. The number of aliphatic carboxylic acids is 1. The zero-order valence-electron chi connectivity index (χ0n) is 10.9. The van der Waals surface area contributed by atoms with Crippen molar-refractivity contribution in [2.24, 2.45) is 0 Å². The predicted octanol–water partition coefficient (Wildman–Crippen LogP) is 1.19. The quantitative estimate of drug-likeness (QED) is 0.902. The average molecular weight is 294 g/mol. The molecule has 7 heteroatoms. The fourth-order valence-corrected chi connectivity index (χ4v) is 4.17. The fourth-order valence-electron chi connectivity index (χ4n) is 2.37. The topological polar surface area (TPSA) is 98.5 Å². The molecule has 1 aromatic rings. The first-order valence-electron chi connectivity index (χ1n) is 6.09. The Balaban J connectivity index is 2.44. The van der Waals surface area contributed by atoms with Crippen LogP contribution in [0.1, 0.15) is 25.3 Å². The monoisotopic (exact) mass is 294 g/mol. The summed E-state index contributed by atoms with van der Waals surface area (Å²) in [4.78, 5) is 11.4. The second kappa shape index (κ2) is 4.89. The first-order valence-corrected chi connectivity index (χ1v) is 7.53. The van der Waals surface area contributed by atoms with Gasteiger partial charge in [0, 0.05) is 6.54 Å². The molecular weight excluding hydrogens is 280 g/mol. The van der Waals surface area contributed by atoms with E-state index in [1.165, 1.54) is 31.2 Å². The van der Waals surface area contributed by atoms with Crippen LogP contribution in [0.25, 0.3) is 0 Å². The minimum absolute atomic E-state index is 0.00544. The second-order valence-electron chi connectivity index (χ2n) is 4.90. The van der Waals surface area contributed by atoms with Crippen LogP contribution in [-0.4, -0.2) is 35.9 Å². The van der Waals surface area contributed by atoms with E-state index in [0.29, 0.717) is 12.0 Å². The first kappa shape index (κ1) is 14.5. The average Bonchev–Trinajstić information content (AvgIpc) is 2.83. The Labute approximate surface area is 117 Å². The molecule has 0 bridgehead atoms. The molecule has 1 unspecified atom stereocenters. The third-order valence-electron chi connectivity index (χ3n) is 3.61. The Kier molecular flexibility index (Phi) is 3.54. The van der Waals surface area contributed by atoms with Gasteiger partial charge in [-0.25, -0.2) is 8.42 Å². The van der Waals surface area contributed by atoms with E-state index in [4.69, 9.17) is 5.26 Å². The van der Waals surface area contributed by atoms with E-state index < -0.39 is 21.5 Å². The molecule has 0 amide bonds. The van der Waals surface area contributed by atoms with Crippen molar-refractivity contribution < 1.29 is 18.3 Å². The molecule has 1 atom stereocenters. The highest BCUT2D eigenvalue weighted by molar-refractivity contribution is 7.89. The van der Waals surface area contributed by atoms with Gasteiger partial charge in [-0.1, -0.05) is 0 Å². The third kappa shape index (κ3) is 2.17. The van der Waals surface area contributed by atoms with E-state index in [2.05, 4.69) is 0 Å². The SMILES string of the molecule is CC1(C(=O)O)CCCN1S(=O)(=O)c1ccc(C#N)cc1. The highest BCUT2D eigenvalue weighted by atomic mass is 32.2. The van der Waals surface area contributed by atoms with Gasteiger partial charge in [0.2, 0.25) is 10.0 Å². The molecule has 2 rings (SSSR count). The van der Waals surface area contributed by atoms with E-state index in [1.54, 1.807) is 0 Å². The van der Waals surface area contributed by atoms with Crippen LogP contribution >= 0.6 is 0 Å². The van der Waals surface area contributed by atoms with Crippen LogP contribution in [0.15, 0.2) is 29.2 Å². The summed E-state index contributed by atoms with van der Waals surface area (Å²) in [6.45, 7) is 1.61. The highest BCUT2D eigenvalue weighted by Crippen LogP contribution is 2.34. The second-order valence-corrected chi connectivity index (χ2v) is 6.76. The van der Waals surface area contributed by atoms with Crippen molar-refractivity contribution in [3.8, 4) is 6.07 Å². The summed E-state index contributed by atoms with van der Waals surface area (Å²) in [7, 11) is -3.87. The first-order chi connectivity index (χ1) is 9.32. The van der Waals surface area contributed by atoms with Gasteiger partial charge >= 0.3 is 5.97 Å². The van der Waals surface area contributed by atoms with Gasteiger partial charge in [-0.05, 0) is 44.0 Å². The van der Waals surface area contributed by atoms with Crippen LogP contribution in [0.4, 0.5) is 0 Å². The number of nitrogens with zero attached hydrogens (tertiary/aromatic N) is 2. The number of nitriles is 1. The molecule has 6 nitrogen and oxygen atoms in total. The van der Waals surface area contributed by atoms with Crippen LogP contribution in [0.3, 0.4) is 0 Å². The molecule has 1 heterocycles. The highest BCUT2D eigenvalue weighted by Gasteiger charge is 2.49. The molecule has 20 heavy (non-hydrogen) atoms. The number of hydrogen-bond donors (Lipinski definition) is 1. The number of carboxylic acid groups (broad SMARTS) is 1. The van der Waals surface area contributed by atoms with Crippen molar-refractivity contribution in [2.75, 3.05) is 6.54 Å². The minimum Gasteiger partial charge on any atom is -0.480 e. The number of hydrogen-bond acceptors (Lipinski definition) is 4. The van der Waals surface area contributed by atoms with Gasteiger partial charge in [0.1, 0.15) is 5.54 Å². The Morgan fingerprint density at radius 1 is 1.40 bits per heavy atom. The summed E-state index contributed by atoms with van der Waals surface area (Å²) >= 11 is 0. The smallest absolute Gasteiger partial charge is 0.324 e. The Morgan fingerprint density at radius 3 is 2.50 bits per heavy atom. The molecule has 1 fully saturated rings. The third-order valence-corrected chi connectivity index (χ3v) is 5.64. The standard InChI is InChI=1S/C13H14N2O4S/c1-13(12(16)17)7-2-8-15(13)20(18,19)11-5-3-10(9-14)4-6-11/h3-6H,2,7-8H2,1H3,(H,16,17). The van der Waals surface area contributed by atoms with Gasteiger partial charge in [-0.15, -0.1) is 0 Å². The fraction of sp³-hybridized carbons (Fsp3) is 0.385. The van der Waals surface area contributed by atoms with Gasteiger partial charge in [0.05, 0.1) is 16.5 Å². The number of sulfonamides is 1. The van der Waals surface area contributed by atoms with Gasteiger partial charge < -0.3 is 5.11 Å². The van der Waals surface area contributed by atoms with Crippen molar-refractivity contribution in [2.45, 2.75) is 30.2 Å². The van der Waals surface area contributed by atoms with Crippen molar-refractivity contribution in [1.82, 2.24) is 4.31 Å². The molecule has 0 aromatic heterocycles. The summed E-state index contributed by atoms with van der Waals surface area (Å²) in [5.41, 5.74) is -1.06. The van der Waals surface area contributed by atoms with E-state index in [9.17, 15) is 18.3 Å². The normalized spacial score (nSPS) is 23.4. The summed E-state index contributed by atoms with van der Waals surface area (Å²) in [6, 6.07) is 7.37. The number of carboxylic acids is 1. The Hall–Kier alpha value is -1.91. The van der Waals surface area contributed by atoms with Gasteiger partial charge in [-0.3, -0.25) is 4.79 Å². The zero-order valence-corrected chi connectivity index (χ0v) is 11.7. The van der Waals surface area contributed by atoms with E-state index in [1.807, 2.05) is 6.07 Å². The van der Waals surface area contributed by atoms with Crippen molar-refractivity contribution >= 4 is 16.0 Å². The van der Waals surface area contributed by atoms with Gasteiger partial charge in [0.25, 0.3) is 0 Å². The van der Waals surface area contributed by atoms with Crippen LogP contribution in [0, 0.1) is 11.3 Å². The van der Waals surface area contributed by atoms with Crippen LogP contribution < -0.4 is 0 Å². The molecule has 0 aliphatic carbocycles. The molecule has 1 N–H and O–H groups in total. The molecule has 1 saturated heterocycles. The van der Waals surface area contributed by atoms with Crippen molar-refractivity contribution in [3.63, 3.8) is 0 Å². The van der Waals surface area contributed by atoms with Crippen LogP contribution in [-0.2, 0) is 14.8 Å². The van der Waals surface area contributed by atoms with Gasteiger partial charge in [-0.2, -0.15) is 9.57 Å². The molecule has 0 saturated carbocycles. The lowest BCUT2D eigenvalue weighted by atomic mass is 10.0. The van der Waals surface area contributed by atoms with E-state index in [-0.39, 0.29) is 17.9 Å². The lowest BCUT2D eigenvalue weighted by molar-refractivity contribution is -0.146. The maximum absolute atomic E-state index is 12.5. The molecular formula is C13H14N2O4S. The van der Waals surface area contributed by atoms with Crippen LogP contribution in [0.2, 0.25) is 0 Å². The molecule has 0 spiro atoms. The molecule has 1 aliphatic heterocycles. The molecule has 1 aromatic carbocycles. The Morgan fingerprint density at radius 2 is 2.00 bits per heavy atom. The maximum Gasteiger partial charge on any atom is 0.324 e. The number of benzene rings is 1. The van der Waals surface area contributed by atoms with Crippen molar-refractivity contribution in [3.05, 3.63) is 29.8 Å². The van der Waals surface area contributed by atoms with E-state index >= 15 is 0 Å². The molecule has 106 valence electrons.